The van der Waals surface area contributed by atoms with Crippen molar-refractivity contribution in [3.63, 3.8) is 0 Å². The van der Waals surface area contributed by atoms with Crippen LogP contribution in [0.2, 0.25) is 0 Å². The largest absolute Gasteiger partial charge is 0.272 e. The van der Waals surface area contributed by atoms with E-state index in [1.54, 1.807) is 27.7 Å². The number of carbonyl (C=O) groups excluding carboxylic acids is 4. The Morgan fingerprint density at radius 2 is 1.15 bits per heavy atom. The number of hydrazine groups is 2. The molecule has 2 aliphatic rings. The van der Waals surface area contributed by atoms with Crippen LogP contribution >= 0.6 is 11.6 Å². The number of alkyl halides is 1. The molecule has 0 saturated carbocycles. The summed E-state index contributed by atoms with van der Waals surface area (Å²) < 4.78 is 0. The molecule has 4 amide bonds. The van der Waals surface area contributed by atoms with Crippen LogP contribution in [-0.2, 0) is 19.2 Å². The number of amides is 4. The van der Waals surface area contributed by atoms with Gasteiger partial charge in [-0.1, -0.05) is 29.2 Å². The van der Waals surface area contributed by atoms with Gasteiger partial charge in [-0.05, 0) is 34.6 Å². The van der Waals surface area contributed by atoms with Gasteiger partial charge in [0, 0.05) is 12.4 Å². The number of halogens is 1. The van der Waals surface area contributed by atoms with Crippen molar-refractivity contribution in [1.29, 1.82) is 0 Å². The van der Waals surface area contributed by atoms with Crippen LogP contribution in [0.3, 0.4) is 0 Å². The zero-order chi connectivity index (χ0) is 18.4. The lowest BCUT2D eigenvalue weighted by molar-refractivity contribution is -0.137. The Hall–Kier alpha value is -1.83. The maximum atomic E-state index is 11.3. The molecule has 0 aromatic rings. The Kier molecular flexibility index (Phi) is 15.3. The highest BCUT2D eigenvalue weighted by molar-refractivity contribution is 6.17. The molecule has 156 valence electrons. The summed E-state index contributed by atoms with van der Waals surface area (Å²) in [6.07, 6.45) is 0. The molecule has 2 fully saturated rings. The third kappa shape index (κ3) is 7.19. The summed E-state index contributed by atoms with van der Waals surface area (Å²) in [5.74, 6) is -0.186. The van der Waals surface area contributed by atoms with Crippen LogP contribution in [-0.4, -0.2) is 41.1 Å². The van der Waals surface area contributed by atoms with E-state index in [4.69, 9.17) is 11.6 Å². The molecule has 3 N–H and O–H groups in total. The molecular formula is C17H37ClN4O4. The van der Waals surface area contributed by atoms with Crippen molar-refractivity contribution in [1.82, 2.24) is 21.3 Å². The summed E-state index contributed by atoms with van der Waals surface area (Å²) in [7, 11) is 0. The average Bonchev–Trinajstić information content (AvgIpc) is 2.82. The number of rotatable bonds is 1. The van der Waals surface area contributed by atoms with Gasteiger partial charge in [-0.15, -0.1) is 11.6 Å². The van der Waals surface area contributed by atoms with E-state index in [0.29, 0.717) is 6.54 Å². The molecular weight excluding hydrogens is 360 g/mol. The van der Waals surface area contributed by atoms with E-state index in [-0.39, 0.29) is 45.9 Å². The van der Waals surface area contributed by atoms with Gasteiger partial charge in [0.2, 0.25) is 0 Å². The topological polar surface area (TPSA) is 108 Å². The van der Waals surface area contributed by atoms with Crippen LogP contribution in [0, 0.1) is 10.8 Å². The second-order valence-corrected chi connectivity index (χ2v) is 6.45. The predicted octanol–water partition coefficient (Wildman–Crippen LogP) is 2.23. The van der Waals surface area contributed by atoms with Crippen LogP contribution in [0.5, 0.6) is 0 Å². The molecule has 2 heterocycles. The van der Waals surface area contributed by atoms with Gasteiger partial charge in [-0.3, -0.25) is 40.5 Å². The van der Waals surface area contributed by atoms with Crippen LogP contribution < -0.4 is 16.3 Å². The van der Waals surface area contributed by atoms with Crippen molar-refractivity contribution in [2.24, 2.45) is 10.8 Å². The van der Waals surface area contributed by atoms with Crippen molar-refractivity contribution in [3.05, 3.63) is 0 Å². The SMILES string of the molecule is C.C.C.CC1(C)C(=O)NNC1=O.CCCl.CCN1NC(=O)C(C)(C)C1=O. The zero-order valence-electron chi connectivity index (χ0n) is 14.4. The second-order valence-electron chi connectivity index (χ2n) is 5.92. The van der Waals surface area contributed by atoms with Gasteiger partial charge in [0.1, 0.15) is 10.8 Å². The van der Waals surface area contributed by atoms with E-state index < -0.39 is 10.8 Å². The van der Waals surface area contributed by atoms with Crippen LogP contribution in [0.15, 0.2) is 0 Å². The van der Waals surface area contributed by atoms with Gasteiger partial charge >= 0.3 is 0 Å². The average molecular weight is 397 g/mol. The van der Waals surface area contributed by atoms with Gasteiger partial charge in [-0.25, -0.2) is 0 Å². The van der Waals surface area contributed by atoms with Crippen molar-refractivity contribution < 1.29 is 19.2 Å². The van der Waals surface area contributed by atoms with Crippen molar-refractivity contribution in [3.8, 4) is 0 Å². The number of nitrogens with one attached hydrogen (secondary N) is 3. The molecule has 0 unspecified atom stereocenters. The number of nitrogens with zero attached hydrogens (tertiary/aromatic N) is 1. The van der Waals surface area contributed by atoms with Gasteiger partial charge < -0.3 is 0 Å². The fraction of sp³-hybridized carbons (Fsp3) is 0.765. The van der Waals surface area contributed by atoms with Crippen molar-refractivity contribution in [2.45, 2.75) is 63.8 Å². The minimum Gasteiger partial charge on any atom is -0.272 e. The third-order valence-electron chi connectivity index (χ3n) is 3.33. The third-order valence-corrected chi connectivity index (χ3v) is 3.33. The Balaban J connectivity index is -0.000000148. The monoisotopic (exact) mass is 396 g/mol. The quantitative estimate of drug-likeness (QED) is 0.466. The Bertz CT molecular complexity index is 475. The van der Waals surface area contributed by atoms with Gasteiger partial charge in [0.25, 0.3) is 23.6 Å². The van der Waals surface area contributed by atoms with Crippen LogP contribution in [0.25, 0.3) is 0 Å². The summed E-state index contributed by atoms with van der Waals surface area (Å²) in [5, 5.41) is 1.34. The van der Waals surface area contributed by atoms with Crippen molar-refractivity contribution >= 4 is 35.2 Å². The van der Waals surface area contributed by atoms with E-state index in [1.165, 1.54) is 5.01 Å². The minimum absolute atomic E-state index is 0. The summed E-state index contributed by atoms with van der Waals surface area (Å²) in [4.78, 5) is 43.8. The lowest BCUT2D eigenvalue weighted by Crippen LogP contribution is -2.35. The Morgan fingerprint density at radius 1 is 0.808 bits per heavy atom. The molecule has 26 heavy (non-hydrogen) atoms. The molecule has 8 nitrogen and oxygen atoms in total. The highest BCUT2D eigenvalue weighted by Gasteiger charge is 2.46. The normalized spacial score (nSPS) is 18.2. The summed E-state index contributed by atoms with van der Waals surface area (Å²) in [5.41, 5.74) is 5.16. The van der Waals surface area contributed by atoms with E-state index >= 15 is 0 Å². The van der Waals surface area contributed by atoms with Gasteiger partial charge in [-0.2, -0.15) is 0 Å². The molecule has 0 bridgehead atoms. The number of hydrogen-bond donors (Lipinski definition) is 3. The van der Waals surface area contributed by atoms with E-state index in [2.05, 4.69) is 16.3 Å². The summed E-state index contributed by atoms with van der Waals surface area (Å²) in [6, 6.07) is 0. The maximum absolute atomic E-state index is 11.3. The van der Waals surface area contributed by atoms with Crippen LogP contribution in [0.4, 0.5) is 0 Å². The molecule has 0 atom stereocenters. The first-order chi connectivity index (χ1) is 10.5. The molecule has 0 aromatic carbocycles. The molecule has 2 saturated heterocycles. The molecule has 0 radical (unpaired) electrons. The fourth-order valence-corrected chi connectivity index (χ4v) is 1.50. The standard InChI is InChI=1S/C7H12N2O2.C5H8N2O2.C2H5Cl.3CH4/c1-4-9-6(11)7(2,3)5(10)8-9;1-5(2)3(8)6-7-4(5)9;1-2-3;;;/h4H2,1-3H3,(H,8,10);1-2H3,(H,6,8)(H,7,9);2H2,1H3;3*1H4. The first-order valence-electron chi connectivity index (χ1n) is 7.26. The summed E-state index contributed by atoms with van der Waals surface area (Å²) in [6.45, 7) is 10.6. The smallest absolute Gasteiger partial charge is 0.256 e. The van der Waals surface area contributed by atoms with Crippen LogP contribution in [0.1, 0.15) is 63.8 Å². The first kappa shape index (κ1) is 31.9. The van der Waals surface area contributed by atoms with E-state index in [9.17, 15) is 19.2 Å². The Labute approximate surface area is 163 Å². The molecule has 0 aliphatic carbocycles. The fourth-order valence-electron chi connectivity index (χ4n) is 1.50. The number of hydrogen-bond acceptors (Lipinski definition) is 4. The molecule has 2 rings (SSSR count). The highest BCUT2D eigenvalue weighted by Crippen LogP contribution is 2.23. The minimum atomic E-state index is -0.889. The molecule has 9 heteroatoms. The Morgan fingerprint density at radius 3 is 1.27 bits per heavy atom. The molecule has 0 spiro atoms. The molecule has 2 aliphatic heterocycles. The lowest BCUT2D eigenvalue weighted by atomic mass is 9.93. The maximum Gasteiger partial charge on any atom is 0.256 e. The van der Waals surface area contributed by atoms with Crippen molar-refractivity contribution in [2.75, 3.05) is 12.4 Å². The van der Waals surface area contributed by atoms with Gasteiger partial charge in [0.05, 0.1) is 0 Å². The van der Waals surface area contributed by atoms with E-state index in [1.807, 2.05) is 13.8 Å². The summed E-state index contributed by atoms with van der Waals surface area (Å²) >= 11 is 5.00. The van der Waals surface area contributed by atoms with E-state index in [0.717, 1.165) is 5.88 Å². The highest BCUT2D eigenvalue weighted by atomic mass is 35.5. The van der Waals surface area contributed by atoms with Gasteiger partial charge in [0.15, 0.2) is 0 Å². The predicted molar refractivity (Wildman–Crippen MR) is 106 cm³/mol. The zero-order valence-corrected chi connectivity index (χ0v) is 15.1. The first-order valence-corrected chi connectivity index (χ1v) is 7.80. The second kappa shape index (κ2) is 12.5. The lowest BCUT2D eigenvalue weighted by Gasteiger charge is -2.13. The molecule has 0 aromatic heterocycles. The number of carbonyl (C=O) groups is 4.